The van der Waals surface area contributed by atoms with E-state index in [1.165, 1.54) is 18.3 Å². The van der Waals surface area contributed by atoms with Crippen LogP contribution in [0.15, 0.2) is 42.9 Å². The van der Waals surface area contributed by atoms with Gasteiger partial charge in [0.1, 0.15) is 17.0 Å². The minimum absolute atomic E-state index is 0.122. The molecule has 0 unspecified atom stereocenters. The second kappa shape index (κ2) is 8.26. The average Bonchev–Trinajstić information content (AvgIpc) is 2.73. The number of amides is 1. The van der Waals surface area contributed by atoms with Crippen LogP contribution in [0.25, 0.3) is 10.9 Å². The molecule has 144 valence electrons. The highest BCUT2D eigenvalue weighted by molar-refractivity contribution is 6.03. The fourth-order valence-corrected chi connectivity index (χ4v) is 3.02. The van der Waals surface area contributed by atoms with Crippen LogP contribution < -0.4 is 10.1 Å². The van der Waals surface area contributed by atoms with Gasteiger partial charge in [0, 0.05) is 24.8 Å². The minimum atomic E-state index is -0.496. The van der Waals surface area contributed by atoms with Gasteiger partial charge in [-0.2, -0.15) is 0 Å². The van der Waals surface area contributed by atoms with Gasteiger partial charge >= 0.3 is 0 Å². The summed E-state index contributed by atoms with van der Waals surface area (Å²) >= 11 is 0. The molecule has 1 amide bonds. The van der Waals surface area contributed by atoms with E-state index in [0.29, 0.717) is 29.6 Å². The number of hydrogen-bond donors (Lipinski definition) is 1. The van der Waals surface area contributed by atoms with E-state index in [0.717, 1.165) is 37.6 Å². The number of aromatic nitrogens is 3. The third-order valence-electron chi connectivity index (χ3n) is 4.58. The van der Waals surface area contributed by atoms with Crippen molar-refractivity contribution >= 4 is 22.5 Å². The van der Waals surface area contributed by atoms with Crippen LogP contribution in [0.2, 0.25) is 0 Å². The zero-order chi connectivity index (χ0) is 19.3. The summed E-state index contributed by atoms with van der Waals surface area (Å²) in [5.41, 5.74) is 1.26. The van der Waals surface area contributed by atoms with E-state index in [-0.39, 0.29) is 5.69 Å². The SMILES string of the molecule is O=C(Nc1cnc2c(OCC3CCOCC3)nccc2c1)c1ccc(F)cn1. The van der Waals surface area contributed by atoms with E-state index in [4.69, 9.17) is 9.47 Å². The van der Waals surface area contributed by atoms with Crippen LogP contribution in [0.3, 0.4) is 0 Å². The van der Waals surface area contributed by atoms with Crippen molar-refractivity contribution in [3.8, 4) is 5.88 Å². The minimum Gasteiger partial charge on any atom is -0.476 e. The summed E-state index contributed by atoms with van der Waals surface area (Å²) in [6, 6.07) is 6.10. The van der Waals surface area contributed by atoms with Gasteiger partial charge in [0.05, 0.1) is 24.7 Å². The Morgan fingerprint density at radius 3 is 2.82 bits per heavy atom. The van der Waals surface area contributed by atoms with Crippen LogP contribution in [-0.2, 0) is 4.74 Å². The maximum absolute atomic E-state index is 12.9. The first kappa shape index (κ1) is 18.2. The molecule has 7 nitrogen and oxygen atoms in total. The molecule has 0 bridgehead atoms. The van der Waals surface area contributed by atoms with Gasteiger partial charge in [-0.25, -0.2) is 19.3 Å². The number of halogens is 1. The predicted molar refractivity (Wildman–Crippen MR) is 101 cm³/mol. The summed E-state index contributed by atoms with van der Waals surface area (Å²) in [6.45, 7) is 2.11. The maximum Gasteiger partial charge on any atom is 0.274 e. The Bertz CT molecular complexity index is 975. The first-order valence-electron chi connectivity index (χ1n) is 9.07. The second-order valence-corrected chi connectivity index (χ2v) is 6.59. The maximum atomic E-state index is 12.9. The van der Waals surface area contributed by atoms with E-state index >= 15 is 0 Å². The highest BCUT2D eigenvalue weighted by Gasteiger charge is 2.16. The van der Waals surface area contributed by atoms with Crippen molar-refractivity contribution < 1.29 is 18.7 Å². The number of carbonyl (C=O) groups is 1. The molecular formula is C20H19FN4O3. The summed E-state index contributed by atoms with van der Waals surface area (Å²) in [6.07, 6.45) is 6.14. The number of ether oxygens (including phenoxy) is 2. The van der Waals surface area contributed by atoms with E-state index in [2.05, 4.69) is 20.3 Å². The molecule has 1 fully saturated rings. The molecule has 0 aliphatic carbocycles. The summed E-state index contributed by atoms with van der Waals surface area (Å²) in [5, 5.41) is 3.50. The molecule has 8 heteroatoms. The average molecular weight is 382 g/mol. The summed E-state index contributed by atoms with van der Waals surface area (Å²) in [4.78, 5) is 24.7. The Hall–Kier alpha value is -3.13. The molecule has 28 heavy (non-hydrogen) atoms. The molecule has 0 radical (unpaired) electrons. The van der Waals surface area contributed by atoms with E-state index in [1.807, 2.05) is 0 Å². The van der Waals surface area contributed by atoms with Crippen LogP contribution >= 0.6 is 0 Å². The largest absolute Gasteiger partial charge is 0.476 e. The Balaban J connectivity index is 1.48. The van der Waals surface area contributed by atoms with Gasteiger partial charge in [-0.05, 0) is 43.0 Å². The van der Waals surface area contributed by atoms with Crippen molar-refractivity contribution in [2.45, 2.75) is 12.8 Å². The van der Waals surface area contributed by atoms with Gasteiger partial charge in [-0.15, -0.1) is 0 Å². The molecule has 1 aliphatic rings. The molecule has 1 saturated heterocycles. The molecule has 3 aromatic heterocycles. The van der Waals surface area contributed by atoms with Crippen LogP contribution in [0.1, 0.15) is 23.3 Å². The van der Waals surface area contributed by atoms with E-state index in [1.54, 1.807) is 18.3 Å². The molecular weight excluding hydrogens is 363 g/mol. The highest BCUT2D eigenvalue weighted by atomic mass is 19.1. The summed E-state index contributed by atoms with van der Waals surface area (Å²) in [7, 11) is 0. The zero-order valence-corrected chi connectivity index (χ0v) is 15.1. The van der Waals surface area contributed by atoms with Crippen LogP contribution in [-0.4, -0.2) is 40.7 Å². The Kier molecular flexibility index (Phi) is 5.38. The monoisotopic (exact) mass is 382 g/mol. The lowest BCUT2D eigenvalue weighted by Crippen LogP contribution is -2.21. The van der Waals surface area contributed by atoms with Gasteiger partial charge < -0.3 is 14.8 Å². The van der Waals surface area contributed by atoms with Gasteiger partial charge in [0.2, 0.25) is 5.88 Å². The Labute approximate surface area is 160 Å². The van der Waals surface area contributed by atoms with Crippen molar-refractivity contribution in [1.82, 2.24) is 15.0 Å². The molecule has 1 aliphatic heterocycles. The fourth-order valence-electron chi connectivity index (χ4n) is 3.02. The van der Waals surface area contributed by atoms with Crippen molar-refractivity contribution in [3.63, 3.8) is 0 Å². The number of fused-ring (bicyclic) bond motifs is 1. The van der Waals surface area contributed by atoms with Crippen LogP contribution in [0.4, 0.5) is 10.1 Å². The van der Waals surface area contributed by atoms with Crippen molar-refractivity contribution in [2.75, 3.05) is 25.1 Å². The van der Waals surface area contributed by atoms with Crippen molar-refractivity contribution in [2.24, 2.45) is 5.92 Å². The van der Waals surface area contributed by atoms with Gasteiger partial charge in [-0.1, -0.05) is 0 Å². The normalized spacial score (nSPS) is 14.8. The molecule has 4 rings (SSSR count). The molecule has 0 saturated carbocycles. The van der Waals surface area contributed by atoms with E-state index in [9.17, 15) is 9.18 Å². The Morgan fingerprint density at radius 1 is 1.18 bits per heavy atom. The molecule has 3 aromatic rings. The topological polar surface area (TPSA) is 86.2 Å². The highest BCUT2D eigenvalue weighted by Crippen LogP contribution is 2.25. The number of anilines is 1. The number of hydrogen-bond acceptors (Lipinski definition) is 6. The van der Waals surface area contributed by atoms with Crippen LogP contribution in [0.5, 0.6) is 5.88 Å². The lowest BCUT2D eigenvalue weighted by atomic mass is 10.0. The molecule has 0 atom stereocenters. The van der Waals surface area contributed by atoms with Crippen molar-refractivity contribution in [3.05, 3.63) is 54.4 Å². The molecule has 4 heterocycles. The smallest absolute Gasteiger partial charge is 0.274 e. The number of rotatable bonds is 5. The lowest BCUT2D eigenvalue weighted by molar-refractivity contribution is 0.0493. The third kappa shape index (κ3) is 4.23. The van der Waals surface area contributed by atoms with Crippen LogP contribution in [0, 0.1) is 11.7 Å². The third-order valence-corrected chi connectivity index (χ3v) is 4.58. The second-order valence-electron chi connectivity index (χ2n) is 6.59. The summed E-state index contributed by atoms with van der Waals surface area (Å²) < 4.78 is 24.2. The molecule has 1 N–H and O–H groups in total. The van der Waals surface area contributed by atoms with Gasteiger partial charge in [0.25, 0.3) is 5.91 Å². The van der Waals surface area contributed by atoms with Crippen molar-refractivity contribution in [1.29, 1.82) is 0 Å². The standard InChI is InChI=1S/C20H19FN4O3/c21-15-1-2-17(23-10-15)19(26)25-16-9-14-3-6-22-20(18(14)24-11-16)28-12-13-4-7-27-8-5-13/h1-3,6,9-11,13H,4-5,7-8,12H2,(H,25,26). The number of nitrogens with zero attached hydrogens (tertiary/aromatic N) is 3. The number of nitrogens with one attached hydrogen (secondary N) is 1. The summed E-state index contributed by atoms with van der Waals surface area (Å²) in [5.74, 6) is -0.00875. The predicted octanol–water partition coefficient (Wildman–Crippen LogP) is 3.22. The number of pyridine rings is 3. The molecule has 0 spiro atoms. The van der Waals surface area contributed by atoms with Gasteiger partial charge in [0.15, 0.2) is 0 Å². The Morgan fingerprint density at radius 2 is 2.04 bits per heavy atom. The first-order valence-corrected chi connectivity index (χ1v) is 9.07. The number of carbonyl (C=O) groups excluding carboxylic acids is 1. The first-order chi connectivity index (χ1) is 13.7. The molecule has 0 aromatic carbocycles. The van der Waals surface area contributed by atoms with E-state index < -0.39 is 11.7 Å². The lowest BCUT2D eigenvalue weighted by Gasteiger charge is -2.21. The van der Waals surface area contributed by atoms with Gasteiger partial charge in [-0.3, -0.25) is 4.79 Å². The zero-order valence-electron chi connectivity index (χ0n) is 15.1. The quantitative estimate of drug-likeness (QED) is 0.729. The fraction of sp³-hybridized carbons (Fsp3) is 0.300.